The zero-order valence-corrected chi connectivity index (χ0v) is 16.1. The number of hydrogen-bond donors (Lipinski definition) is 2. The van der Waals surface area contributed by atoms with E-state index in [1.165, 1.54) is 6.26 Å². The number of furan rings is 1. The van der Waals surface area contributed by atoms with Crippen molar-refractivity contribution < 1.29 is 18.8 Å². The van der Waals surface area contributed by atoms with Gasteiger partial charge in [0, 0.05) is 32.0 Å². The lowest BCUT2D eigenvalue weighted by molar-refractivity contribution is -0.127. The van der Waals surface area contributed by atoms with E-state index in [1.807, 2.05) is 38.1 Å². The zero-order valence-electron chi connectivity index (χ0n) is 16.1. The van der Waals surface area contributed by atoms with Gasteiger partial charge in [-0.1, -0.05) is 38.1 Å². The molecule has 1 aromatic heterocycles. The second kappa shape index (κ2) is 8.73. The largest absolute Gasteiger partial charge is 0.459 e. The number of amides is 3. The lowest BCUT2D eigenvalue weighted by Crippen LogP contribution is -2.53. The number of rotatable bonds is 6. The quantitative estimate of drug-likeness (QED) is 0.743. The van der Waals surface area contributed by atoms with Crippen LogP contribution >= 0.6 is 0 Å². The fourth-order valence-corrected chi connectivity index (χ4v) is 3.21. The molecule has 2 N–H and O–H groups in total. The second-order valence-electron chi connectivity index (χ2n) is 7.14. The van der Waals surface area contributed by atoms with Crippen molar-refractivity contribution in [1.82, 2.24) is 15.5 Å². The summed E-state index contributed by atoms with van der Waals surface area (Å²) in [6.45, 7) is 4.62. The molecule has 0 saturated carbocycles. The van der Waals surface area contributed by atoms with Crippen LogP contribution in [0.4, 0.5) is 0 Å². The van der Waals surface area contributed by atoms with E-state index >= 15 is 0 Å². The molecular formula is C21H25N3O4. The summed E-state index contributed by atoms with van der Waals surface area (Å²) in [4.78, 5) is 38.9. The van der Waals surface area contributed by atoms with Gasteiger partial charge in [-0.3, -0.25) is 14.4 Å². The van der Waals surface area contributed by atoms with Gasteiger partial charge >= 0.3 is 0 Å². The van der Waals surface area contributed by atoms with Gasteiger partial charge in [0.2, 0.25) is 11.8 Å². The highest BCUT2D eigenvalue weighted by molar-refractivity contribution is 5.96. The summed E-state index contributed by atoms with van der Waals surface area (Å²) in [6, 6.07) is 10.4. The molecule has 0 bridgehead atoms. The minimum atomic E-state index is -0.631. The molecule has 1 aromatic carbocycles. The average Bonchev–Trinajstić information content (AvgIpc) is 3.24. The lowest BCUT2D eigenvalue weighted by Gasteiger charge is -2.35. The third-order valence-electron chi connectivity index (χ3n) is 4.79. The van der Waals surface area contributed by atoms with Gasteiger partial charge in [0.25, 0.3) is 5.91 Å². The summed E-state index contributed by atoms with van der Waals surface area (Å²) >= 11 is 0. The van der Waals surface area contributed by atoms with Gasteiger partial charge in [-0.25, -0.2) is 0 Å². The molecule has 0 unspecified atom stereocenters. The highest BCUT2D eigenvalue weighted by Gasteiger charge is 2.35. The Morgan fingerprint density at radius 3 is 2.46 bits per heavy atom. The molecule has 3 rings (SSSR count). The molecule has 28 heavy (non-hydrogen) atoms. The maximum absolute atomic E-state index is 12.9. The topological polar surface area (TPSA) is 91.7 Å². The molecular weight excluding hydrogens is 358 g/mol. The van der Waals surface area contributed by atoms with Crippen LogP contribution in [0.1, 0.15) is 35.5 Å². The summed E-state index contributed by atoms with van der Waals surface area (Å²) in [5.74, 6) is -0.509. The predicted molar refractivity (Wildman–Crippen MR) is 103 cm³/mol. The van der Waals surface area contributed by atoms with E-state index in [9.17, 15) is 14.4 Å². The van der Waals surface area contributed by atoms with Crippen LogP contribution in [0.3, 0.4) is 0 Å². The van der Waals surface area contributed by atoms with Gasteiger partial charge in [0.15, 0.2) is 5.76 Å². The molecule has 0 saturated heterocycles. The van der Waals surface area contributed by atoms with Gasteiger partial charge in [-0.15, -0.1) is 0 Å². The number of nitrogens with zero attached hydrogens (tertiary/aromatic N) is 1. The number of benzene rings is 1. The molecule has 0 fully saturated rings. The van der Waals surface area contributed by atoms with Crippen molar-refractivity contribution in [3.05, 3.63) is 59.5 Å². The first-order valence-electron chi connectivity index (χ1n) is 9.44. The molecule has 1 aliphatic rings. The Hall–Kier alpha value is -3.09. The Labute approximate surface area is 164 Å². The Morgan fingerprint density at radius 1 is 1.07 bits per heavy atom. The van der Waals surface area contributed by atoms with Crippen LogP contribution < -0.4 is 10.6 Å². The summed E-state index contributed by atoms with van der Waals surface area (Å²) in [5, 5.41) is 5.59. The zero-order chi connectivity index (χ0) is 20.1. The van der Waals surface area contributed by atoms with Gasteiger partial charge in [0.1, 0.15) is 6.04 Å². The third kappa shape index (κ3) is 4.42. The van der Waals surface area contributed by atoms with Crippen molar-refractivity contribution in [2.24, 2.45) is 5.92 Å². The summed E-state index contributed by atoms with van der Waals surface area (Å²) in [7, 11) is 0. The van der Waals surface area contributed by atoms with Crippen molar-refractivity contribution >= 4 is 17.7 Å². The number of nitrogens with one attached hydrogen (secondary N) is 2. The van der Waals surface area contributed by atoms with E-state index in [-0.39, 0.29) is 29.4 Å². The van der Waals surface area contributed by atoms with Crippen LogP contribution in [0, 0.1) is 5.92 Å². The number of carbonyl (C=O) groups is 3. The van der Waals surface area contributed by atoms with Gasteiger partial charge in [0.05, 0.1) is 6.26 Å². The van der Waals surface area contributed by atoms with Crippen molar-refractivity contribution in [3.8, 4) is 0 Å². The molecule has 0 radical (unpaired) electrons. The van der Waals surface area contributed by atoms with Crippen LogP contribution in [0.5, 0.6) is 0 Å². The van der Waals surface area contributed by atoms with Crippen molar-refractivity contribution in [2.45, 2.75) is 32.9 Å². The Kier molecular flexibility index (Phi) is 6.13. The molecule has 3 amide bonds. The fourth-order valence-electron chi connectivity index (χ4n) is 3.21. The highest BCUT2D eigenvalue weighted by Crippen LogP contribution is 2.25. The van der Waals surface area contributed by atoms with E-state index in [1.54, 1.807) is 17.0 Å². The minimum Gasteiger partial charge on any atom is -0.459 e. The fraction of sp³-hybridized carbons (Fsp3) is 0.381. The summed E-state index contributed by atoms with van der Waals surface area (Å²) < 4.78 is 5.24. The molecule has 1 aliphatic heterocycles. The first-order chi connectivity index (χ1) is 13.5. The highest BCUT2D eigenvalue weighted by atomic mass is 16.3. The van der Waals surface area contributed by atoms with Gasteiger partial charge < -0.3 is 20.0 Å². The number of carbonyl (C=O) groups excluding carboxylic acids is 3. The molecule has 0 spiro atoms. The van der Waals surface area contributed by atoms with E-state index in [0.29, 0.717) is 26.1 Å². The van der Waals surface area contributed by atoms with E-state index < -0.39 is 6.04 Å². The first-order valence-corrected chi connectivity index (χ1v) is 9.44. The van der Waals surface area contributed by atoms with E-state index in [4.69, 9.17) is 4.42 Å². The Morgan fingerprint density at radius 2 is 1.79 bits per heavy atom. The normalized spacial score (nSPS) is 15.8. The SMILES string of the molecule is CC(C)C(=O)NCCNC(=O)[C@@H]1Cc2ccccc2CN1C(=O)c1ccco1. The Balaban J connectivity index is 1.69. The monoisotopic (exact) mass is 383 g/mol. The molecule has 2 heterocycles. The maximum atomic E-state index is 12.9. The van der Waals surface area contributed by atoms with Crippen LogP contribution in [-0.4, -0.2) is 41.8 Å². The number of hydrogen-bond acceptors (Lipinski definition) is 4. The maximum Gasteiger partial charge on any atom is 0.290 e. The van der Waals surface area contributed by atoms with Crippen molar-refractivity contribution in [1.29, 1.82) is 0 Å². The molecule has 7 nitrogen and oxygen atoms in total. The molecule has 148 valence electrons. The van der Waals surface area contributed by atoms with Crippen molar-refractivity contribution in [2.75, 3.05) is 13.1 Å². The molecule has 0 aliphatic carbocycles. The summed E-state index contributed by atoms with van der Waals surface area (Å²) in [5.41, 5.74) is 2.08. The predicted octanol–water partition coefficient (Wildman–Crippen LogP) is 1.74. The van der Waals surface area contributed by atoms with Crippen molar-refractivity contribution in [3.63, 3.8) is 0 Å². The van der Waals surface area contributed by atoms with Crippen LogP contribution in [0.2, 0.25) is 0 Å². The molecule has 1 atom stereocenters. The third-order valence-corrected chi connectivity index (χ3v) is 4.79. The van der Waals surface area contributed by atoms with Gasteiger partial charge in [-0.05, 0) is 23.3 Å². The molecule has 2 aromatic rings. The van der Waals surface area contributed by atoms with Gasteiger partial charge in [-0.2, -0.15) is 0 Å². The Bertz CT molecular complexity index is 845. The minimum absolute atomic E-state index is 0.0598. The smallest absolute Gasteiger partial charge is 0.290 e. The summed E-state index contributed by atoms with van der Waals surface area (Å²) in [6.07, 6.45) is 1.88. The lowest BCUT2D eigenvalue weighted by atomic mass is 9.93. The standard InChI is InChI=1S/C21H25N3O4/c1-14(2)19(25)22-9-10-23-20(26)17-12-15-6-3-4-7-16(15)13-24(17)21(27)18-8-5-11-28-18/h3-8,11,14,17H,9-10,12-13H2,1-2H3,(H,22,25)(H,23,26)/t17-/m0/s1. The van der Waals surface area contributed by atoms with Crippen LogP contribution in [0.25, 0.3) is 0 Å². The number of fused-ring (bicyclic) bond motifs is 1. The first kappa shape index (κ1) is 19.7. The van der Waals surface area contributed by atoms with Crippen LogP contribution in [-0.2, 0) is 22.6 Å². The van der Waals surface area contributed by atoms with E-state index in [2.05, 4.69) is 10.6 Å². The van der Waals surface area contributed by atoms with Crippen LogP contribution in [0.15, 0.2) is 47.1 Å². The molecule has 7 heteroatoms. The van der Waals surface area contributed by atoms with E-state index in [0.717, 1.165) is 11.1 Å². The average molecular weight is 383 g/mol. The second-order valence-corrected chi connectivity index (χ2v) is 7.14.